The average Bonchev–Trinajstić information content (AvgIpc) is 3.61. The summed E-state index contributed by atoms with van der Waals surface area (Å²) in [7, 11) is 0. The number of ketones is 1. The summed E-state index contributed by atoms with van der Waals surface area (Å²) in [6.45, 7) is 18.0. The van der Waals surface area contributed by atoms with Gasteiger partial charge in [-0.15, -0.1) is 0 Å². The first-order valence-corrected chi connectivity index (χ1v) is 13.3. The van der Waals surface area contributed by atoms with E-state index in [1.54, 1.807) is 33.8 Å². The van der Waals surface area contributed by atoms with Crippen molar-refractivity contribution in [2.75, 3.05) is 0 Å². The first-order valence-electron chi connectivity index (χ1n) is 13.3. The van der Waals surface area contributed by atoms with Crippen molar-refractivity contribution in [3.05, 3.63) is 47.1 Å². The normalized spacial score (nSPS) is 28.7. The van der Waals surface area contributed by atoms with Gasteiger partial charge in [-0.2, -0.15) is 0 Å². The van der Waals surface area contributed by atoms with Crippen LogP contribution in [-0.2, 0) is 38.1 Å². The minimum absolute atomic E-state index is 0.0540. The van der Waals surface area contributed by atoms with Crippen LogP contribution >= 0.6 is 0 Å². The third kappa shape index (κ3) is 6.97. The zero-order valence-corrected chi connectivity index (χ0v) is 24.8. The van der Waals surface area contributed by atoms with Crippen molar-refractivity contribution in [3.8, 4) is 0 Å². The number of allylic oxidation sites excluding steroid dienone is 3. The number of aliphatic hydroxyl groups is 2. The summed E-state index contributed by atoms with van der Waals surface area (Å²) in [4.78, 5) is 52.2. The number of fused-ring (bicyclic) bond motifs is 1. The highest BCUT2D eigenvalue weighted by Gasteiger charge is 2.72. The molecule has 0 spiro atoms. The first-order chi connectivity index (χ1) is 18.4. The Balaban J connectivity index is 2.65. The predicted molar refractivity (Wildman–Crippen MR) is 146 cm³/mol. The Kier molecular flexibility index (Phi) is 10.4. The van der Waals surface area contributed by atoms with Crippen molar-refractivity contribution in [2.24, 2.45) is 5.92 Å². The van der Waals surface area contributed by atoms with Crippen LogP contribution in [0.1, 0.15) is 68.7 Å². The lowest BCUT2D eigenvalue weighted by Gasteiger charge is -2.39. The second-order valence-corrected chi connectivity index (χ2v) is 11.0. The summed E-state index contributed by atoms with van der Waals surface area (Å²) in [5.74, 6) is -3.93. The molecule has 1 saturated heterocycles. The molecule has 222 valence electrons. The largest absolute Gasteiger partial charge is 0.455 e. The van der Waals surface area contributed by atoms with E-state index in [4.69, 9.17) is 18.9 Å². The number of carbonyl (C=O) groups is 4. The van der Waals surface area contributed by atoms with E-state index in [1.165, 1.54) is 46.8 Å². The van der Waals surface area contributed by atoms with Crippen molar-refractivity contribution in [1.82, 2.24) is 0 Å². The van der Waals surface area contributed by atoms with Crippen LogP contribution in [0.15, 0.2) is 47.1 Å². The molecule has 10 nitrogen and oxygen atoms in total. The molecule has 7 atom stereocenters. The molecule has 1 aliphatic carbocycles. The summed E-state index contributed by atoms with van der Waals surface area (Å²) in [5.41, 5.74) is -2.09. The molecule has 0 aromatic rings. The second-order valence-electron chi connectivity index (χ2n) is 11.0. The van der Waals surface area contributed by atoms with E-state index in [2.05, 4.69) is 6.58 Å². The zero-order valence-electron chi connectivity index (χ0n) is 24.8. The third-order valence-electron chi connectivity index (χ3n) is 7.67. The van der Waals surface area contributed by atoms with E-state index in [9.17, 15) is 29.4 Å². The Hall–Kier alpha value is -3.08. The van der Waals surface area contributed by atoms with Crippen molar-refractivity contribution >= 4 is 23.7 Å². The number of aliphatic hydroxyl groups excluding tert-OH is 1. The summed E-state index contributed by atoms with van der Waals surface area (Å²) in [6, 6.07) is 0. The maximum absolute atomic E-state index is 13.6. The molecule has 2 N–H and O–H groups in total. The monoisotopic (exact) mass is 562 g/mol. The maximum atomic E-state index is 13.6. The van der Waals surface area contributed by atoms with Gasteiger partial charge in [0.2, 0.25) is 5.78 Å². The SMILES string of the molecule is C=C([C@H]1[C@@H](OC(=O)/C(C)=C\C)[C@H]2O[C@@]2(C)C(=O)[C@@H]1OC(=O)/C(C)=C\C)[C@H](C[C@H](O)C(C)(C)O)OC(=O)/C(C)=C\C. The maximum Gasteiger partial charge on any atom is 0.334 e. The number of epoxide rings is 1. The van der Waals surface area contributed by atoms with Gasteiger partial charge >= 0.3 is 17.9 Å². The van der Waals surface area contributed by atoms with Crippen LogP contribution in [-0.4, -0.2) is 75.6 Å². The molecule has 1 saturated carbocycles. The molecule has 0 bridgehead atoms. The van der Waals surface area contributed by atoms with Gasteiger partial charge in [-0.3, -0.25) is 4.79 Å². The molecule has 0 unspecified atom stereocenters. The van der Waals surface area contributed by atoms with E-state index >= 15 is 0 Å². The van der Waals surface area contributed by atoms with Gasteiger partial charge in [-0.1, -0.05) is 24.8 Å². The Bertz CT molecular complexity index is 1140. The number of rotatable bonds is 11. The number of hydrogen-bond acceptors (Lipinski definition) is 10. The molecule has 1 heterocycles. The highest BCUT2D eigenvalue weighted by atomic mass is 16.7. The lowest BCUT2D eigenvalue weighted by atomic mass is 9.72. The van der Waals surface area contributed by atoms with Gasteiger partial charge in [-0.25, -0.2) is 14.4 Å². The van der Waals surface area contributed by atoms with Gasteiger partial charge in [0.05, 0.1) is 17.6 Å². The van der Waals surface area contributed by atoms with Gasteiger partial charge in [0.15, 0.2) is 11.7 Å². The summed E-state index contributed by atoms with van der Waals surface area (Å²) in [6.07, 6.45) is -1.86. The second kappa shape index (κ2) is 12.6. The fourth-order valence-corrected chi connectivity index (χ4v) is 4.26. The van der Waals surface area contributed by atoms with E-state index in [-0.39, 0.29) is 23.1 Å². The van der Waals surface area contributed by atoms with Gasteiger partial charge in [0.1, 0.15) is 18.3 Å². The Labute approximate surface area is 235 Å². The van der Waals surface area contributed by atoms with Crippen molar-refractivity contribution < 1.29 is 48.3 Å². The Morgan fingerprint density at radius 1 is 1.00 bits per heavy atom. The molecule has 40 heavy (non-hydrogen) atoms. The standard InChI is InChI=1S/C30H42O10/c1-11-15(4)26(33)37-19(14-20(31)29(8,9)36)18(7)21-22(38-27(34)16(5)12-2)24(32)30(10)25(40-30)23(21)39-28(35)17(6)13-3/h11-13,19-23,25,31,36H,7,14H2,1-6,8-10H3/b15-11-,16-12-,17-13-/t19-,20-,21+,22+,23+,25+,30-/m0/s1. The summed E-state index contributed by atoms with van der Waals surface area (Å²) < 4.78 is 22.9. The Morgan fingerprint density at radius 2 is 1.48 bits per heavy atom. The van der Waals surface area contributed by atoms with E-state index in [0.29, 0.717) is 5.57 Å². The molecule has 2 rings (SSSR count). The van der Waals surface area contributed by atoms with E-state index in [0.717, 1.165) is 0 Å². The molecular weight excluding hydrogens is 520 g/mol. The molecule has 2 aliphatic rings. The first kappa shape index (κ1) is 33.1. The fourth-order valence-electron chi connectivity index (χ4n) is 4.26. The topological polar surface area (TPSA) is 149 Å². The summed E-state index contributed by atoms with van der Waals surface area (Å²) in [5, 5.41) is 21.1. The highest BCUT2D eigenvalue weighted by Crippen LogP contribution is 2.52. The minimum atomic E-state index is -1.58. The fraction of sp³-hybridized carbons (Fsp3) is 0.600. The lowest BCUT2D eigenvalue weighted by molar-refractivity contribution is -0.167. The molecule has 0 radical (unpaired) electrons. The molecule has 0 aromatic heterocycles. The van der Waals surface area contributed by atoms with Crippen LogP contribution in [0.5, 0.6) is 0 Å². The van der Waals surface area contributed by atoms with E-state index in [1.807, 2.05) is 0 Å². The quantitative estimate of drug-likeness (QED) is 0.126. The smallest absolute Gasteiger partial charge is 0.334 e. The van der Waals surface area contributed by atoms with Gasteiger partial charge in [-0.05, 0) is 67.9 Å². The van der Waals surface area contributed by atoms with Gasteiger partial charge in [0.25, 0.3) is 0 Å². The molecule has 1 aliphatic heterocycles. The van der Waals surface area contributed by atoms with Crippen LogP contribution in [0.4, 0.5) is 0 Å². The molecular formula is C30H42O10. The molecule has 10 heteroatoms. The number of carbonyl (C=O) groups excluding carboxylic acids is 4. The molecule has 2 fully saturated rings. The van der Waals surface area contributed by atoms with Crippen LogP contribution in [0.3, 0.4) is 0 Å². The summed E-state index contributed by atoms with van der Waals surface area (Å²) >= 11 is 0. The van der Waals surface area contributed by atoms with Gasteiger partial charge < -0.3 is 29.2 Å². The Morgan fingerprint density at radius 3 is 1.95 bits per heavy atom. The van der Waals surface area contributed by atoms with Crippen molar-refractivity contribution in [2.45, 2.75) is 110 Å². The van der Waals surface area contributed by atoms with Crippen molar-refractivity contribution in [3.63, 3.8) is 0 Å². The van der Waals surface area contributed by atoms with Crippen molar-refractivity contribution in [1.29, 1.82) is 0 Å². The predicted octanol–water partition coefficient (Wildman–Crippen LogP) is 3.05. The zero-order chi connectivity index (χ0) is 30.7. The lowest BCUT2D eigenvalue weighted by Crippen LogP contribution is -2.57. The number of esters is 3. The van der Waals surface area contributed by atoms with Crippen LogP contribution < -0.4 is 0 Å². The number of Topliss-reactive ketones (excluding diaryl/α,β-unsaturated/α-hetero) is 1. The van der Waals surface area contributed by atoms with Crippen LogP contribution in [0.25, 0.3) is 0 Å². The highest BCUT2D eigenvalue weighted by molar-refractivity contribution is 5.99. The van der Waals surface area contributed by atoms with Crippen LogP contribution in [0, 0.1) is 5.92 Å². The molecule has 0 aromatic carbocycles. The van der Waals surface area contributed by atoms with E-state index < -0.39 is 71.3 Å². The average molecular weight is 563 g/mol. The van der Waals surface area contributed by atoms with Crippen LogP contribution in [0.2, 0.25) is 0 Å². The number of hydrogen-bond donors (Lipinski definition) is 2. The van der Waals surface area contributed by atoms with Gasteiger partial charge in [0, 0.05) is 23.1 Å². The molecule has 0 amide bonds. The third-order valence-corrected chi connectivity index (χ3v) is 7.67. The minimum Gasteiger partial charge on any atom is -0.455 e. The number of ether oxygens (including phenoxy) is 4.